The molecule has 146 valence electrons. The average Bonchev–Trinajstić information content (AvgIpc) is 2.97. The van der Waals surface area contributed by atoms with Gasteiger partial charge in [-0.3, -0.25) is 9.10 Å². The molecule has 6 heteroatoms. The summed E-state index contributed by atoms with van der Waals surface area (Å²) in [7, 11) is -3.69. The number of unbranched alkanes of at least 4 members (excludes halogenated alkanes) is 1. The van der Waals surface area contributed by atoms with Crippen LogP contribution in [0, 0.1) is 12.8 Å². The van der Waals surface area contributed by atoms with Gasteiger partial charge in [0.25, 0.3) is 10.0 Å². The van der Waals surface area contributed by atoms with Crippen molar-refractivity contribution < 1.29 is 17.9 Å². The third-order valence-corrected chi connectivity index (χ3v) is 6.98. The fourth-order valence-corrected chi connectivity index (χ4v) is 5.40. The fraction of sp³-hybridized carbons (Fsp3) is 0.476. The summed E-state index contributed by atoms with van der Waals surface area (Å²) in [6.45, 7) is 5.81. The molecule has 2 aliphatic rings. The van der Waals surface area contributed by atoms with E-state index in [1.165, 1.54) is 16.8 Å². The van der Waals surface area contributed by atoms with Gasteiger partial charge in [0.15, 0.2) is 5.76 Å². The van der Waals surface area contributed by atoms with Gasteiger partial charge < -0.3 is 4.74 Å². The van der Waals surface area contributed by atoms with E-state index in [0.29, 0.717) is 18.0 Å². The van der Waals surface area contributed by atoms with Crippen molar-refractivity contribution in [3.63, 3.8) is 0 Å². The highest BCUT2D eigenvalue weighted by atomic mass is 32.2. The SMILES string of the molecule is CCCCC1=CC(OC(C)=O)=C2C1CCCN2S(=O)(=O)c1ccc(C)cc1. The summed E-state index contributed by atoms with van der Waals surface area (Å²) in [6.07, 6.45) is 6.56. The van der Waals surface area contributed by atoms with Crippen LogP contribution >= 0.6 is 0 Å². The minimum atomic E-state index is -3.69. The molecule has 0 spiro atoms. The normalized spacial score (nSPS) is 19.7. The maximum Gasteiger partial charge on any atom is 0.308 e. The van der Waals surface area contributed by atoms with E-state index < -0.39 is 16.0 Å². The molecule has 5 nitrogen and oxygen atoms in total. The third kappa shape index (κ3) is 3.95. The Morgan fingerprint density at radius 2 is 1.96 bits per heavy atom. The van der Waals surface area contributed by atoms with Gasteiger partial charge in [0.2, 0.25) is 0 Å². The van der Waals surface area contributed by atoms with Gasteiger partial charge in [-0.2, -0.15) is 0 Å². The van der Waals surface area contributed by atoms with Crippen molar-refractivity contribution in [1.82, 2.24) is 4.31 Å². The first-order valence-electron chi connectivity index (χ1n) is 9.57. The summed E-state index contributed by atoms with van der Waals surface area (Å²) in [4.78, 5) is 11.9. The molecule has 0 radical (unpaired) electrons. The number of aryl methyl sites for hydroxylation is 1. The van der Waals surface area contributed by atoms with Crippen LogP contribution in [0.15, 0.2) is 52.3 Å². The van der Waals surface area contributed by atoms with Crippen LogP contribution in [0.25, 0.3) is 0 Å². The number of sulfonamides is 1. The number of hydrogen-bond donors (Lipinski definition) is 0. The Hall–Kier alpha value is -2.08. The Morgan fingerprint density at radius 1 is 1.26 bits per heavy atom. The van der Waals surface area contributed by atoms with Crippen molar-refractivity contribution in [2.75, 3.05) is 6.54 Å². The van der Waals surface area contributed by atoms with Gasteiger partial charge in [-0.15, -0.1) is 0 Å². The number of hydrogen-bond acceptors (Lipinski definition) is 4. The zero-order valence-electron chi connectivity index (χ0n) is 16.2. The van der Waals surface area contributed by atoms with Crippen molar-refractivity contribution in [1.29, 1.82) is 0 Å². The molecule has 0 N–H and O–H groups in total. The van der Waals surface area contributed by atoms with Crippen LogP contribution in [-0.4, -0.2) is 25.2 Å². The van der Waals surface area contributed by atoms with Gasteiger partial charge in [0.1, 0.15) is 0 Å². The molecule has 1 aromatic rings. The van der Waals surface area contributed by atoms with Crippen LogP contribution in [0.5, 0.6) is 0 Å². The second-order valence-electron chi connectivity index (χ2n) is 7.25. The summed E-state index contributed by atoms with van der Waals surface area (Å²) in [5.41, 5.74) is 2.81. The predicted molar refractivity (Wildman–Crippen MR) is 104 cm³/mol. The average molecular weight is 390 g/mol. The highest BCUT2D eigenvalue weighted by Crippen LogP contribution is 2.44. The molecular formula is C21H27NO4S. The molecule has 0 saturated carbocycles. The summed E-state index contributed by atoms with van der Waals surface area (Å²) in [5.74, 6) is -0.0173. The molecule has 1 aliphatic heterocycles. The molecule has 1 fully saturated rings. The molecule has 1 aliphatic carbocycles. The number of benzene rings is 1. The molecule has 0 aromatic heterocycles. The van der Waals surface area contributed by atoms with E-state index in [0.717, 1.165) is 37.7 Å². The van der Waals surface area contributed by atoms with Crippen LogP contribution < -0.4 is 0 Å². The monoisotopic (exact) mass is 389 g/mol. The Labute approximate surface area is 161 Å². The van der Waals surface area contributed by atoms with Gasteiger partial charge in [0.05, 0.1) is 10.6 Å². The Bertz CT molecular complexity index is 881. The quantitative estimate of drug-likeness (QED) is 0.681. The van der Waals surface area contributed by atoms with E-state index in [9.17, 15) is 13.2 Å². The minimum Gasteiger partial charge on any atom is -0.425 e. The molecule has 1 aromatic carbocycles. The standard InChI is InChI=1S/C21H27NO4S/c1-4-5-7-17-14-20(26-16(3)23)21-19(17)8-6-13-22(21)27(24,25)18-11-9-15(2)10-12-18/h9-12,14,19H,4-8,13H2,1-3H3. The number of fused-ring (bicyclic) bond motifs is 1. The Balaban J connectivity index is 2.01. The van der Waals surface area contributed by atoms with Crippen molar-refractivity contribution in [2.24, 2.45) is 5.92 Å². The zero-order valence-corrected chi connectivity index (χ0v) is 17.0. The number of carbonyl (C=O) groups is 1. The molecular weight excluding hydrogens is 362 g/mol. The van der Waals surface area contributed by atoms with Crippen LogP contribution in [0.1, 0.15) is 51.5 Å². The molecule has 3 rings (SSSR count). The van der Waals surface area contributed by atoms with Gasteiger partial charge in [-0.25, -0.2) is 8.42 Å². The minimum absolute atomic E-state index is 0.0138. The van der Waals surface area contributed by atoms with Crippen LogP contribution in [0.3, 0.4) is 0 Å². The summed E-state index contributed by atoms with van der Waals surface area (Å²) in [5, 5.41) is 0. The third-order valence-electron chi connectivity index (χ3n) is 5.15. The number of carbonyl (C=O) groups excluding carboxylic acids is 1. The van der Waals surface area contributed by atoms with Gasteiger partial charge in [-0.1, -0.05) is 36.6 Å². The van der Waals surface area contributed by atoms with Crippen LogP contribution in [0.4, 0.5) is 0 Å². The number of allylic oxidation sites excluding steroid dienone is 2. The summed E-state index contributed by atoms with van der Waals surface area (Å²) >= 11 is 0. The molecule has 1 heterocycles. The van der Waals surface area contributed by atoms with E-state index in [-0.39, 0.29) is 10.8 Å². The van der Waals surface area contributed by atoms with E-state index in [1.54, 1.807) is 24.3 Å². The molecule has 1 atom stereocenters. The largest absolute Gasteiger partial charge is 0.425 e. The highest BCUT2D eigenvalue weighted by Gasteiger charge is 2.41. The Kier molecular flexibility index (Phi) is 5.75. The zero-order chi connectivity index (χ0) is 19.6. The number of nitrogens with zero attached hydrogens (tertiary/aromatic N) is 1. The lowest BCUT2D eigenvalue weighted by atomic mass is 9.89. The Morgan fingerprint density at radius 3 is 2.59 bits per heavy atom. The molecule has 1 unspecified atom stereocenters. The molecule has 0 amide bonds. The molecule has 0 bridgehead atoms. The van der Waals surface area contributed by atoms with Gasteiger partial charge in [-0.05, 0) is 50.8 Å². The number of piperidine rings is 1. The second-order valence-corrected chi connectivity index (χ2v) is 9.11. The van der Waals surface area contributed by atoms with E-state index in [4.69, 9.17) is 4.74 Å². The first kappa shape index (κ1) is 19.7. The number of esters is 1. The number of rotatable bonds is 6. The van der Waals surface area contributed by atoms with Crippen LogP contribution in [-0.2, 0) is 19.6 Å². The first-order chi connectivity index (χ1) is 12.8. The molecule has 1 saturated heterocycles. The lowest BCUT2D eigenvalue weighted by Gasteiger charge is -2.35. The molecule has 27 heavy (non-hydrogen) atoms. The summed E-state index contributed by atoms with van der Waals surface area (Å²) < 4.78 is 33.5. The summed E-state index contributed by atoms with van der Waals surface area (Å²) in [6, 6.07) is 6.88. The fourth-order valence-electron chi connectivity index (χ4n) is 3.82. The van der Waals surface area contributed by atoms with Gasteiger partial charge in [0, 0.05) is 19.4 Å². The van der Waals surface area contributed by atoms with Gasteiger partial charge >= 0.3 is 5.97 Å². The van der Waals surface area contributed by atoms with E-state index in [2.05, 4.69) is 6.92 Å². The maximum atomic E-state index is 13.3. The highest BCUT2D eigenvalue weighted by molar-refractivity contribution is 7.89. The smallest absolute Gasteiger partial charge is 0.308 e. The van der Waals surface area contributed by atoms with E-state index in [1.807, 2.05) is 13.0 Å². The van der Waals surface area contributed by atoms with Crippen LogP contribution in [0.2, 0.25) is 0 Å². The lowest BCUT2D eigenvalue weighted by molar-refractivity contribution is -0.136. The first-order valence-corrected chi connectivity index (χ1v) is 11.0. The topological polar surface area (TPSA) is 63.7 Å². The second kappa shape index (κ2) is 7.89. The predicted octanol–water partition coefficient (Wildman–Crippen LogP) is 4.30. The number of ether oxygens (including phenoxy) is 1. The van der Waals surface area contributed by atoms with Crippen molar-refractivity contribution in [3.05, 3.63) is 52.9 Å². The lowest BCUT2D eigenvalue weighted by Crippen LogP contribution is -2.38. The van der Waals surface area contributed by atoms with E-state index >= 15 is 0 Å². The maximum absolute atomic E-state index is 13.3. The van der Waals surface area contributed by atoms with Crippen molar-refractivity contribution in [3.8, 4) is 0 Å². The van der Waals surface area contributed by atoms with Crippen molar-refractivity contribution in [2.45, 2.75) is 57.8 Å². The van der Waals surface area contributed by atoms with Crippen molar-refractivity contribution >= 4 is 16.0 Å².